The molecule has 2 aromatic carbocycles. The summed E-state index contributed by atoms with van der Waals surface area (Å²) in [5.74, 6) is -0.621. The van der Waals surface area contributed by atoms with Crippen molar-refractivity contribution in [1.82, 2.24) is 10.3 Å². The van der Waals surface area contributed by atoms with Gasteiger partial charge in [0.15, 0.2) is 15.0 Å². The normalized spacial score (nSPS) is 14.1. The van der Waals surface area contributed by atoms with Crippen LogP contribution < -0.4 is 15.5 Å². The van der Waals surface area contributed by atoms with E-state index in [4.69, 9.17) is 11.6 Å². The minimum atomic E-state index is -3.35. The fraction of sp³-hybridized carbons (Fsp3) is 0.250. The third-order valence-electron chi connectivity index (χ3n) is 4.90. The lowest BCUT2D eigenvalue weighted by Gasteiger charge is -2.18. The molecule has 2 N–H and O–H groups in total. The van der Waals surface area contributed by atoms with E-state index in [1.807, 2.05) is 6.07 Å². The maximum Gasteiger partial charge on any atom is 0.327 e. The first kappa shape index (κ1) is 21.5. The summed E-state index contributed by atoms with van der Waals surface area (Å²) in [4.78, 5) is 31.5. The highest BCUT2D eigenvalue weighted by Crippen LogP contribution is 2.29. The van der Waals surface area contributed by atoms with Gasteiger partial charge in [-0.2, -0.15) is 0 Å². The molecule has 2 heterocycles. The van der Waals surface area contributed by atoms with E-state index in [9.17, 15) is 18.0 Å². The minimum Gasteiger partial charge on any atom is -0.372 e. The molecule has 3 amide bonds. The van der Waals surface area contributed by atoms with Crippen molar-refractivity contribution in [3.05, 3.63) is 47.0 Å². The van der Waals surface area contributed by atoms with Crippen LogP contribution in [0.5, 0.6) is 0 Å². The van der Waals surface area contributed by atoms with Gasteiger partial charge in [-0.25, -0.2) is 18.2 Å². The largest absolute Gasteiger partial charge is 0.372 e. The first-order valence-electron chi connectivity index (χ1n) is 9.48. The predicted octanol–water partition coefficient (Wildman–Crippen LogP) is 3.92. The van der Waals surface area contributed by atoms with E-state index < -0.39 is 21.8 Å². The number of halogens is 1. The summed E-state index contributed by atoms with van der Waals surface area (Å²) in [5, 5.41) is 5.27. The van der Waals surface area contributed by atoms with E-state index in [1.54, 1.807) is 18.2 Å². The van der Waals surface area contributed by atoms with Gasteiger partial charge in [-0.1, -0.05) is 22.9 Å². The van der Waals surface area contributed by atoms with E-state index in [0.717, 1.165) is 49.2 Å². The van der Waals surface area contributed by atoms with Crippen LogP contribution >= 0.6 is 22.9 Å². The number of imide groups is 1. The van der Waals surface area contributed by atoms with E-state index in [2.05, 4.69) is 20.5 Å². The van der Waals surface area contributed by atoms with Crippen LogP contribution in [0.3, 0.4) is 0 Å². The van der Waals surface area contributed by atoms with Crippen molar-refractivity contribution in [1.29, 1.82) is 0 Å². The maximum absolute atomic E-state index is 12.6. The smallest absolute Gasteiger partial charge is 0.327 e. The van der Waals surface area contributed by atoms with Crippen LogP contribution in [0.25, 0.3) is 10.2 Å². The number of rotatable bonds is 4. The molecule has 1 aromatic heterocycles. The summed E-state index contributed by atoms with van der Waals surface area (Å²) >= 11 is 7.29. The number of hydrogen-bond donors (Lipinski definition) is 2. The Bertz CT molecular complexity index is 1280. The van der Waals surface area contributed by atoms with Crippen molar-refractivity contribution in [3.63, 3.8) is 0 Å². The van der Waals surface area contributed by atoms with E-state index in [0.29, 0.717) is 10.2 Å². The number of sulfone groups is 1. The number of carbonyl (C=O) groups is 2. The topological polar surface area (TPSA) is 108 Å². The Labute approximate surface area is 188 Å². The second-order valence-corrected chi connectivity index (χ2v) is 10.6. The summed E-state index contributed by atoms with van der Waals surface area (Å²) in [6.45, 7) is 1.84. The molecule has 162 valence electrons. The van der Waals surface area contributed by atoms with Crippen LogP contribution in [0.1, 0.15) is 23.2 Å². The Balaban J connectivity index is 1.47. The second-order valence-electron chi connectivity index (χ2n) is 7.19. The van der Waals surface area contributed by atoms with Crippen LogP contribution in [0.4, 0.5) is 15.6 Å². The summed E-state index contributed by atoms with van der Waals surface area (Å²) in [6.07, 6.45) is 3.32. The molecule has 4 rings (SSSR count). The summed E-state index contributed by atoms with van der Waals surface area (Å²) < 4.78 is 24.0. The van der Waals surface area contributed by atoms with Crippen molar-refractivity contribution < 1.29 is 18.0 Å². The van der Waals surface area contributed by atoms with Crippen LogP contribution in [-0.2, 0) is 9.84 Å². The lowest BCUT2D eigenvalue weighted by Crippen LogP contribution is -2.34. The number of thiazole rings is 1. The quantitative estimate of drug-likeness (QED) is 0.588. The van der Waals surface area contributed by atoms with Crippen LogP contribution in [0.15, 0.2) is 41.3 Å². The molecule has 0 radical (unpaired) electrons. The fourth-order valence-corrected chi connectivity index (χ4v) is 5.17. The van der Waals surface area contributed by atoms with Crippen LogP contribution in [0, 0.1) is 0 Å². The lowest BCUT2D eigenvalue weighted by molar-refractivity contribution is 0.0967. The first-order chi connectivity index (χ1) is 14.7. The molecule has 0 aliphatic carbocycles. The Hall–Kier alpha value is -2.69. The van der Waals surface area contributed by atoms with Gasteiger partial charge in [0.25, 0.3) is 5.91 Å². The Morgan fingerprint density at radius 3 is 2.58 bits per heavy atom. The standard InChI is InChI=1S/C20H19ClN4O4S2/c1-31(28,29)13-5-7-16-17(11-13)30-20(22-16)24-19(27)23-18(26)14-10-12(4-6-15(14)21)25-8-2-3-9-25/h4-7,10-11H,2-3,8-9H2,1H3,(H2,22,23,24,26,27). The summed E-state index contributed by atoms with van der Waals surface area (Å²) in [5.41, 5.74) is 1.64. The van der Waals surface area contributed by atoms with Crippen molar-refractivity contribution in [2.24, 2.45) is 0 Å². The highest BCUT2D eigenvalue weighted by molar-refractivity contribution is 7.90. The Morgan fingerprint density at radius 2 is 1.87 bits per heavy atom. The average molecular weight is 479 g/mol. The number of nitrogens with zero attached hydrogens (tertiary/aromatic N) is 2. The van der Waals surface area contributed by atoms with Gasteiger partial charge in [0, 0.05) is 25.0 Å². The first-order valence-corrected chi connectivity index (χ1v) is 12.6. The van der Waals surface area contributed by atoms with Crippen molar-refractivity contribution >= 4 is 65.7 Å². The monoisotopic (exact) mass is 478 g/mol. The van der Waals surface area contributed by atoms with E-state index >= 15 is 0 Å². The highest BCUT2D eigenvalue weighted by atomic mass is 35.5. The third-order valence-corrected chi connectivity index (χ3v) is 7.27. The predicted molar refractivity (Wildman–Crippen MR) is 122 cm³/mol. The third kappa shape index (κ3) is 4.81. The zero-order chi connectivity index (χ0) is 22.2. The highest BCUT2D eigenvalue weighted by Gasteiger charge is 2.19. The average Bonchev–Trinajstić information content (AvgIpc) is 3.36. The Kier molecular flexibility index (Phi) is 5.87. The zero-order valence-corrected chi connectivity index (χ0v) is 18.9. The molecule has 8 nitrogen and oxygen atoms in total. The van der Waals surface area contributed by atoms with Crippen molar-refractivity contribution in [3.8, 4) is 0 Å². The fourth-order valence-electron chi connectivity index (χ4n) is 3.35. The number of anilines is 2. The molecule has 0 unspecified atom stereocenters. The molecule has 11 heteroatoms. The minimum absolute atomic E-state index is 0.169. The van der Waals surface area contributed by atoms with Gasteiger partial charge in [-0.05, 0) is 49.2 Å². The number of hydrogen-bond acceptors (Lipinski definition) is 7. The van der Waals surface area contributed by atoms with Gasteiger partial charge >= 0.3 is 6.03 Å². The zero-order valence-electron chi connectivity index (χ0n) is 16.5. The molecule has 0 spiro atoms. The number of carbonyl (C=O) groups excluding carboxylic acids is 2. The van der Waals surface area contributed by atoms with Crippen molar-refractivity contribution in [2.75, 3.05) is 29.6 Å². The van der Waals surface area contributed by atoms with Gasteiger partial charge in [-0.15, -0.1) is 0 Å². The van der Waals surface area contributed by atoms with Gasteiger partial charge in [0.05, 0.1) is 25.7 Å². The summed E-state index contributed by atoms with van der Waals surface area (Å²) in [7, 11) is -3.35. The van der Waals surface area contributed by atoms with Crippen LogP contribution in [0.2, 0.25) is 5.02 Å². The molecular formula is C20H19ClN4O4S2. The van der Waals surface area contributed by atoms with Gasteiger partial charge in [-0.3, -0.25) is 15.4 Å². The molecule has 1 saturated heterocycles. The molecule has 31 heavy (non-hydrogen) atoms. The molecule has 0 saturated carbocycles. The van der Waals surface area contributed by atoms with E-state index in [1.165, 1.54) is 12.1 Å². The van der Waals surface area contributed by atoms with Gasteiger partial charge in [0.2, 0.25) is 0 Å². The number of amides is 3. The number of fused-ring (bicyclic) bond motifs is 1. The second kappa shape index (κ2) is 8.45. The van der Waals surface area contributed by atoms with E-state index in [-0.39, 0.29) is 20.6 Å². The number of benzene rings is 2. The molecular weight excluding hydrogens is 460 g/mol. The Morgan fingerprint density at radius 1 is 1.13 bits per heavy atom. The van der Waals surface area contributed by atoms with Gasteiger partial charge in [0.1, 0.15) is 0 Å². The van der Waals surface area contributed by atoms with Gasteiger partial charge < -0.3 is 4.90 Å². The number of aromatic nitrogens is 1. The lowest BCUT2D eigenvalue weighted by atomic mass is 10.1. The SMILES string of the molecule is CS(=O)(=O)c1ccc2nc(NC(=O)NC(=O)c3cc(N4CCCC4)ccc3Cl)sc2c1. The maximum atomic E-state index is 12.6. The molecule has 0 atom stereocenters. The summed E-state index contributed by atoms with van der Waals surface area (Å²) in [6, 6.07) is 8.96. The number of urea groups is 1. The molecule has 1 aliphatic rings. The van der Waals surface area contributed by atoms with Crippen molar-refractivity contribution in [2.45, 2.75) is 17.7 Å². The molecule has 3 aromatic rings. The number of nitrogens with one attached hydrogen (secondary N) is 2. The molecule has 1 fully saturated rings. The van der Waals surface area contributed by atoms with Crippen LogP contribution in [-0.4, -0.2) is 44.7 Å². The molecule has 1 aliphatic heterocycles. The molecule has 0 bridgehead atoms.